The molecule has 0 amide bonds. The lowest BCUT2D eigenvalue weighted by molar-refractivity contribution is -0.155. The van der Waals surface area contributed by atoms with E-state index in [1.807, 2.05) is 0 Å². The van der Waals surface area contributed by atoms with Gasteiger partial charge in [-0.3, -0.25) is 9.59 Å². The van der Waals surface area contributed by atoms with Gasteiger partial charge in [-0.25, -0.2) is 0 Å². The van der Waals surface area contributed by atoms with Crippen molar-refractivity contribution >= 4 is 11.8 Å². The van der Waals surface area contributed by atoms with Gasteiger partial charge in [0, 0.05) is 12.0 Å². The normalized spacial score (nSPS) is 30.6. The van der Waals surface area contributed by atoms with E-state index in [1.54, 1.807) is 20.8 Å². The maximum Gasteiger partial charge on any atom is 0.314 e. The number of aliphatic hydroxyl groups excluding tert-OH is 1. The van der Waals surface area contributed by atoms with E-state index in [-0.39, 0.29) is 24.0 Å². The predicted octanol–water partition coefficient (Wildman–Crippen LogP) is 4.36. The van der Waals surface area contributed by atoms with Gasteiger partial charge in [0.25, 0.3) is 0 Å². The number of hydrogen-bond donors (Lipinski definition) is 1. The third-order valence-corrected chi connectivity index (χ3v) is 4.95. The topological polar surface area (TPSA) is 63.6 Å². The standard InChI is InChI=1S/C20H30O4/c1-13-9-10-14-7-5-6-8-16(14)19(13)17(22)11-15(21)12-18(23)24-20(2,3)4/h9-11,13-14,16,19,22H,5-8,12H2,1-4H3/b17-11-/t13-,14+,16+,19+/m0/s1. The summed E-state index contributed by atoms with van der Waals surface area (Å²) in [5.74, 6) is 0.246. The molecule has 4 nitrogen and oxygen atoms in total. The van der Waals surface area contributed by atoms with E-state index in [0.717, 1.165) is 12.8 Å². The maximum absolute atomic E-state index is 12.1. The van der Waals surface area contributed by atoms with Crippen LogP contribution in [0.15, 0.2) is 24.0 Å². The average molecular weight is 334 g/mol. The van der Waals surface area contributed by atoms with Gasteiger partial charge in [0.15, 0.2) is 5.78 Å². The number of allylic oxidation sites excluding steroid dienone is 4. The Bertz CT molecular complexity index is 538. The average Bonchev–Trinajstić information content (AvgIpc) is 2.44. The van der Waals surface area contributed by atoms with Gasteiger partial charge in [0.1, 0.15) is 12.0 Å². The van der Waals surface area contributed by atoms with Gasteiger partial charge in [0.05, 0.1) is 5.76 Å². The molecular formula is C20H30O4. The van der Waals surface area contributed by atoms with E-state index in [0.29, 0.717) is 11.8 Å². The molecule has 2 aliphatic rings. The maximum atomic E-state index is 12.1. The number of aliphatic hydroxyl groups is 1. The zero-order chi connectivity index (χ0) is 17.9. The molecule has 1 N–H and O–H groups in total. The zero-order valence-electron chi connectivity index (χ0n) is 15.2. The van der Waals surface area contributed by atoms with E-state index in [1.165, 1.54) is 18.9 Å². The number of fused-ring (bicyclic) bond motifs is 1. The lowest BCUT2D eigenvalue weighted by Gasteiger charge is -2.41. The Kier molecular flexibility index (Phi) is 5.89. The fourth-order valence-electron chi connectivity index (χ4n) is 4.02. The van der Waals surface area contributed by atoms with Crippen LogP contribution in [-0.2, 0) is 14.3 Å². The van der Waals surface area contributed by atoms with Crippen molar-refractivity contribution in [3.05, 3.63) is 24.0 Å². The van der Waals surface area contributed by atoms with Crippen molar-refractivity contribution in [2.75, 3.05) is 0 Å². The van der Waals surface area contributed by atoms with Gasteiger partial charge in [-0.1, -0.05) is 31.9 Å². The molecule has 0 radical (unpaired) electrons. The van der Waals surface area contributed by atoms with E-state index in [2.05, 4.69) is 19.1 Å². The number of rotatable bonds is 4. The number of ketones is 1. The molecule has 1 saturated carbocycles. The van der Waals surface area contributed by atoms with E-state index in [4.69, 9.17) is 4.74 Å². The first-order valence-corrected chi connectivity index (χ1v) is 9.01. The van der Waals surface area contributed by atoms with Crippen LogP contribution in [0.3, 0.4) is 0 Å². The summed E-state index contributed by atoms with van der Waals surface area (Å²) in [5, 5.41) is 10.6. The molecule has 134 valence electrons. The Labute approximate surface area is 145 Å². The van der Waals surface area contributed by atoms with Crippen molar-refractivity contribution in [1.82, 2.24) is 0 Å². The van der Waals surface area contributed by atoms with Crippen LogP contribution in [0, 0.1) is 23.7 Å². The highest BCUT2D eigenvalue weighted by Crippen LogP contribution is 2.45. The largest absolute Gasteiger partial charge is 0.512 e. The van der Waals surface area contributed by atoms with Crippen LogP contribution in [0.25, 0.3) is 0 Å². The van der Waals surface area contributed by atoms with Crippen LogP contribution in [-0.4, -0.2) is 22.5 Å². The lowest BCUT2D eigenvalue weighted by atomic mass is 9.64. The molecule has 0 aromatic rings. The molecule has 0 aliphatic heterocycles. The van der Waals surface area contributed by atoms with Gasteiger partial charge >= 0.3 is 5.97 Å². The zero-order valence-corrected chi connectivity index (χ0v) is 15.2. The molecule has 0 aromatic carbocycles. The van der Waals surface area contributed by atoms with Crippen LogP contribution in [0.2, 0.25) is 0 Å². The molecule has 0 bridgehead atoms. The van der Waals surface area contributed by atoms with Crippen LogP contribution in [0.5, 0.6) is 0 Å². The number of hydrogen-bond acceptors (Lipinski definition) is 4. The minimum atomic E-state index is -0.610. The van der Waals surface area contributed by atoms with Crippen LogP contribution in [0.1, 0.15) is 59.8 Å². The second-order valence-electron chi connectivity index (χ2n) is 8.18. The van der Waals surface area contributed by atoms with Gasteiger partial charge in [-0.05, 0) is 51.4 Å². The number of esters is 1. The first-order chi connectivity index (χ1) is 11.2. The van der Waals surface area contributed by atoms with Gasteiger partial charge in [0.2, 0.25) is 0 Å². The highest BCUT2D eigenvalue weighted by Gasteiger charge is 2.38. The highest BCUT2D eigenvalue weighted by molar-refractivity contribution is 6.02. The van der Waals surface area contributed by atoms with Crippen molar-refractivity contribution in [2.24, 2.45) is 23.7 Å². The predicted molar refractivity (Wildman–Crippen MR) is 93.4 cm³/mol. The summed E-state index contributed by atoms with van der Waals surface area (Å²) in [7, 11) is 0. The number of carbonyl (C=O) groups excluding carboxylic acids is 2. The van der Waals surface area contributed by atoms with Crippen molar-refractivity contribution in [3.63, 3.8) is 0 Å². The summed E-state index contributed by atoms with van der Waals surface area (Å²) in [4.78, 5) is 23.9. The van der Waals surface area contributed by atoms with E-state index in [9.17, 15) is 14.7 Å². The first kappa shape index (κ1) is 18.8. The third kappa shape index (κ3) is 4.96. The molecule has 1 fully saturated rings. The summed E-state index contributed by atoms with van der Waals surface area (Å²) in [6.07, 6.45) is 10.0. The number of carbonyl (C=O) groups is 2. The second kappa shape index (κ2) is 7.54. The summed E-state index contributed by atoms with van der Waals surface area (Å²) < 4.78 is 5.16. The Morgan fingerprint density at radius 3 is 2.54 bits per heavy atom. The molecule has 0 saturated heterocycles. The Balaban J connectivity index is 2.04. The Morgan fingerprint density at radius 2 is 1.88 bits per heavy atom. The molecule has 4 atom stereocenters. The smallest absolute Gasteiger partial charge is 0.314 e. The van der Waals surface area contributed by atoms with Gasteiger partial charge in [-0.2, -0.15) is 0 Å². The molecule has 2 rings (SSSR count). The van der Waals surface area contributed by atoms with Crippen LogP contribution in [0.4, 0.5) is 0 Å². The molecule has 0 spiro atoms. The molecule has 4 heteroatoms. The monoisotopic (exact) mass is 334 g/mol. The summed E-state index contributed by atoms with van der Waals surface area (Å²) in [6, 6.07) is 0. The molecule has 0 heterocycles. The molecule has 2 aliphatic carbocycles. The van der Waals surface area contributed by atoms with Crippen molar-refractivity contribution in [2.45, 2.75) is 65.4 Å². The third-order valence-electron chi connectivity index (χ3n) is 4.95. The highest BCUT2D eigenvalue weighted by atomic mass is 16.6. The van der Waals surface area contributed by atoms with Gasteiger partial charge in [-0.15, -0.1) is 0 Å². The van der Waals surface area contributed by atoms with Crippen LogP contribution >= 0.6 is 0 Å². The fourth-order valence-corrected chi connectivity index (χ4v) is 4.02. The van der Waals surface area contributed by atoms with Crippen molar-refractivity contribution in [1.29, 1.82) is 0 Å². The van der Waals surface area contributed by atoms with Crippen molar-refractivity contribution in [3.8, 4) is 0 Å². The Hall–Kier alpha value is -1.58. The quantitative estimate of drug-likeness (QED) is 0.273. The minimum absolute atomic E-state index is 0.0251. The minimum Gasteiger partial charge on any atom is -0.512 e. The summed E-state index contributed by atoms with van der Waals surface area (Å²) >= 11 is 0. The van der Waals surface area contributed by atoms with E-state index >= 15 is 0 Å². The van der Waals surface area contributed by atoms with Crippen molar-refractivity contribution < 1.29 is 19.4 Å². The lowest BCUT2D eigenvalue weighted by Crippen LogP contribution is -2.34. The molecular weight excluding hydrogens is 304 g/mol. The summed E-state index contributed by atoms with van der Waals surface area (Å²) in [6.45, 7) is 7.38. The second-order valence-corrected chi connectivity index (χ2v) is 8.18. The first-order valence-electron chi connectivity index (χ1n) is 9.01. The SMILES string of the molecule is C[C@H]1C=C[C@H]2CCCC[C@H]2[C@@H]1/C(O)=C/C(=O)CC(=O)OC(C)(C)C. The van der Waals surface area contributed by atoms with E-state index < -0.39 is 17.4 Å². The molecule has 24 heavy (non-hydrogen) atoms. The van der Waals surface area contributed by atoms with Crippen LogP contribution < -0.4 is 0 Å². The fraction of sp³-hybridized carbons (Fsp3) is 0.700. The Morgan fingerprint density at radius 1 is 1.21 bits per heavy atom. The molecule has 0 unspecified atom stereocenters. The van der Waals surface area contributed by atoms with Gasteiger partial charge < -0.3 is 9.84 Å². The number of ether oxygens (including phenoxy) is 1. The molecule has 0 aromatic heterocycles. The summed E-state index contributed by atoms with van der Waals surface area (Å²) in [5.41, 5.74) is -0.610.